The van der Waals surface area contributed by atoms with Gasteiger partial charge in [-0.3, -0.25) is 4.79 Å². The number of rotatable bonds is 5. The molecule has 1 N–H and O–H groups in total. The van der Waals surface area contributed by atoms with Crippen LogP contribution in [0.1, 0.15) is 37.2 Å². The van der Waals surface area contributed by atoms with E-state index in [9.17, 15) is 4.79 Å². The third-order valence-corrected chi connectivity index (χ3v) is 4.48. The highest BCUT2D eigenvalue weighted by Crippen LogP contribution is 2.32. The fraction of sp³-hybridized carbons (Fsp3) is 0.350. The molecule has 0 aromatic heterocycles. The first kappa shape index (κ1) is 15.6. The largest absolute Gasteiger partial charge is 0.484 e. The van der Waals surface area contributed by atoms with Gasteiger partial charge >= 0.3 is 0 Å². The first-order chi connectivity index (χ1) is 11.3. The number of carbonyl (C=O) groups excluding carboxylic acids is 1. The molecule has 0 atom stereocenters. The lowest BCUT2D eigenvalue weighted by Crippen LogP contribution is -2.39. The fourth-order valence-corrected chi connectivity index (χ4v) is 3.23. The number of hydrogen-bond donors (Lipinski definition) is 1. The standard InChI is InChI=1S/C20H23NO2/c22-20(15-23-19-9-5-2-6-10-19)21-18-13-11-17(12-14-18)16-7-3-1-4-8-16/h1-10,17-18H,11-15H2,(H,21,22). The highest BCUT2D eigenvalue weighted by atomic mass is 16.5. The summed E-state index contributed by atoms with van der Waals surface area (Å²) in [7, 11) is 0. The zero-order valence-corrected chi connectivity index (χ0v) is 13.3. The average Bonchev–Trinajstić information content (AvgIpc) is 2.62. The van der Waals surface area contributed by atoms with Crippen molar-refractivity contribution in [2.24, 2.45) is 0 Å². The maximum absolute atomic E-state index is 12.0. The molecule has 3 nitrogen and oxygen atoms in total. The summed E-state index contributed by atoms with van der Waals surface area (Å²) in [5.41, 5.74) is 1.42. The Morgan fingerprint density at radius 3 is 2.17 bits per heavy atom. The van der Waals surface area contributed by atoms with Gasteiger partial charge in [-0.1, -0.05) is 48.5 Å². The normalized spacial score (nSPS) is 20.7. The lowest BCUT2D eigenvalue weighted by atomic mass is 9.82. The van der Waals surface area contributed by atoms with E-state index in [1.807, 2.05) is 30.3 Å². The first-order valence-corrected chi connectivity index (χ1v) is 8.33. The number of hydrogen-bond acceptors (Lipinski definition) is 2. The van der Waals surface area contributed by atoms with Crippen molar-refractivity contribution in [3.05, 3.63) is 66.2 Å². The van der Waals surface area contributed by atoms with E-state index < -0.39 is 0 Å². The minimum atomic E-state index is -0.0305. The summed E-state index contributed by atoms with van der Waals surface area (Å²) in [5, 5.41) is 3.10. The second-order valence-electron chi connectivity index (χ2n) is 6.13. The minimum Gasteiger partial charge on any atom is -0.484 e. The minimum absolute atomic E-state index is 0.0305. The van der Waals surface area contributed by atoms with Crippen LogP contribution in [-0.2, 0) is 4.79 Å². The third-order valence-electron chi connectivity index (χ3n) is 4.48. The van der Waals surface area contributed by atoms with Crippen LogP contribution in [0.3, 0.4) is 0 Å². The van der Waals surface area contributed by atoms with Crippen molar-refractivity contribution in [3.8, 4) is 5.75 Å². The van der Waals surface area contributed by atoms with Gasteiger partial charge in [-0.25, -0.2) is 0 Å². The van der Waals surface area contributed by atoms with Gasteiger partial charge in [-0.05, 0) is 49.3 Å². The third kappa shape index (κ3) is 4.59. The molecule has 1 saturated carbocycles. The first-order valence-electron chi connectivity index (χ1n) is 8.33. The number of nitrogens with one attached hydrogen (secondary N) is 1. The molecule has 1 aliphatic rings. The topological polar surface area (TPSA) is 38.3 Å². The van der Waals surface area contributed by atoms with Gasteiger partial charge in [0.05, 0.1) is 0 Å². The van der Waals surface area contributed by atoms with E-state index >= 15 is 0 Å². The Kier molecular flexibility index (Phi) is 5.30. The maximum atomic E-state index is 12.0. The Balaban J connectivity index is 1.41. The van der Waals surface area contributed by atoms with Crippen molar-refractivity contribution in [2.45, 2.75) is 37.6 Å². The van der Waals surface area contributed by atoms with Crippen molar-refractivity contribution in [1.29, 1.82) is 0 Å². The number of amides is 1. The summed E-state index contributed by atoms with van der Waals surface area (Å²) in [6.07, 6.45) is 4.34. The SMILES string of the molecule is O=C(COc1ccccc1)NC1CCC(c2ccccc2)CC1. The van der Waals surface area contributed by atoms with Crippen LogP contribution in [0.25, 0.3) is 0 Å². The zero-order valence-electron chi connectivity index (χ0n) is 13.3. The summed E-state index contributed by atoms with van der Waals surface area (Å²) in [4.78, 5) is 12.0. The molecule has 23 heavy (non-hydrogen) atoms. The van der Waals surface area contributed by atoms with Crippen molar-refractivity contribution >= 4 is 5.91 Å². The molecule has 0 saturated heterocycles. The second-order valence-corrected chi connectivity index (χ2v) is 6.13. The van der Waals surface area contributed by atoms with Crippen molar-refractivity contribution < 1.29 is 9.53 Å². The quantitative estimate of drug-likeness (QED) is 0.909. The fourth-order valence-electron chi connectivity index (χ4n) is 3.23. The number of ether oxygens (including phenoxy) is 1. The van der Waals surface area contributed by atoms with Crippen molar-refractivity contribution in [1.82, 2.24) is 5.32 Å². The van der Waals surface area contributed by atoms with Crippen LogP contribution in [0.4, 0.5) is 0 Å². The molecule has 2 aromatic rings. The highest BCUT2D eigenvalue weighted by Gasteiger charge is 2.23. The Labute approximate surface area is 137 Å². The predicted octanol–water partition coefficient (Wildman–Crippen LogP) is 3.91. The summed E-state index contributed by atoms with van der Waals surface area (Å²) < 4.78 is 5.49. The van der Waals surface area contributed by atoms with Crippen LogP contribution in [0.2, 0.25) is 0 Å². The summed E-state index contributed by atoms with van der Waals surface area (Å²) in [5.74, 6) is 1.33. The molecular formula is C20H23NO2. The van der Waals surface area contributed by atoms with E-state index in [0.717, 1.165) is 31.4 Å². The molecule has 0 unspecified atom stereocenters. The molecule has 2 aromatic carbocycles. The molecule has 3 heteroatoms. The number of para-hydroxylation sites is 1. The van der Waals surface area contributed by atoms with Gasteiger partial charge in [0.25, 0.3) is 5.91 Å². The summed E-state index contributed by atoms with van der Waals surface area (Å²) >= 11 is 0. The molecule has 1 aliphatic carbocycles. The molecular weight excluding hydrogens is 286 g/mol. The van der Waals surface area contributed by atoms with Crippen LogP contribution in [0.15, 0.2) is 60.7 Å². The Bertz CT molecular complexity index is 604. The maximum Gasteiger partial charge on any atom is 0.258 e. The Morgan fingerprint density at radius 1 is 0.913 bits per heavy atom. The van der Waals surface area contributed by atoms with E-state index in [4.69, 9.17) is 4.74 Å². The summed E-state index contributed by atoms with van der Waals surface area (Å²) in [6.45, 7) is 0.0859. The van der Waals surface area contributed by atoms with Crippen LogP contribution in [0.5, 0.6) is 5.75 Å². The molecule has 0 bridgehead atoms. The lowest BCUT2D eigenvalue weighted by Gasteiger charge is -2.29. The molecule has 1 amide bonds. The van der Waals surface area contributed by atoms with E-state index in [0.29, 0.717) is 5.92 Å². The average molecular weight is 309 g/mol. The van der Waals surface area contributed by atoms with Gasteiger partial charge in [-0.15, -0.1) is 0 Å². The van der Waals surface area contributed by atoms with Crippen LogP contribution in [0, 0.1) is 0 Å². The van der Waals surface area contributed by atoms with E-state index in [1.54, 1.807) is 0 Å². The monoisotopic (exact) mass is 309 g/mol. The van der Waals surface area contributed by atoms with Gasteiger partial charge in [0.2, 0.25) is 0 Å². The van der Waals surface area contributed by atoms with E-state index in [2.05, 4.69) is 35.6 Å². The highest BCUT2D eigenvalue weighted by molar-refractivity contribution is 5.77. The van der Waals surface area contributed by atoms with Crippen LogP contribution in [-0.4, -0.2) is 18.6 Å². The van der Waals surface area contributed by atoms with E-state index in [-0.39, 0.29) is 18.6 Å². The van der Waals surface area contributed by atoms with Crippen molar-refractivity contribution in [2.75, 3.05) is 6.61 Å². The van der Waals surface area contributed by atoms with Crippen LogP contribution < -0.4 is 10.1 Å². The molecule has 0 heterocycles. The molecule has 0 spiro atoms. The number of carbonyl (C=O) groups is 1. The zero-order chi connectivity index (χ0) is 15.9. The Morgan fingerprint density at radius 2 is 1.52 bits per heavy atom. The van der Waals surface area contributed by atoms with Gasteiger partial charge in [-0.2, -0.15) is 0 Å². The predicted molar refractivity (Wildman–Crippen MR) is 91.5 cm³/mol. The summed E-state index contributed by atoms with van der Waals surface area (Å²) in [6, 6.07) is 20.4. The van der Waals surface area contributed by atoms with Crippen LogP contribution >= 0.6 is 0 Å². The van der Waals surface area contributed by atoms with Gasteiger partial charge in [0.15, 0.2) is 6.61 Å². The molecule has 0 aliphatic heterocycles. The second kappa shape index (κ2) is 7.82. The number of benzene rings is 2. The van der Waals surface area contributed by atoms with Gasteiger partial charge < -0.3 is 10.1 Å². The smallest absolute Gasteiger partial charge is 0.258 e. The lowest BCUT2D eigenvalue weighted by molar-refractivity contribution is -0.124. The Hall–Kier alpha value is -2.29. The molecule has 3 rings (SSSR count). The molecule has 120 valence electrons. The molecule has 0 radical (unpaired) electrons. The molecule has 1 fully saturated rings. The van der Waals surface area contributed by atoms with Crippen molar-refractivity contribution in [3.63, 3.8) is 0 Å². The van der Waals surface area contributed by atoms with E-state index in [1.165, 1.54) is 5.56 Å². The van der Waals surface area contributed by atoms with Gasteiger partial charge in [0.1, 0.15) is 5.75 Å². The van der Waals surface area contributed by atoms with Gasteiger partial charge in [0, 0.05) is 6.04 Å².